The molecule has 5 heteroatoms. The first-order valence-corrected chi connectivity index (χ1v) is 5.93. The molecule has 1 atom stereocenters. The van der Waals surface area contributed by atoms with Crippen molar-refractivity contribution in [2.75, 3.05) is 20.3 Å². The first kappa shape index (κ1) is 13.2. The van der Waals surface area contributed by atoms with E-state index in [-0.39, 0.29) is 17.2 Å². The van der Waals surface area contributed by atoms with Crippen LogP contribution in [0.3, 0.4) is 0 Å². The van der Waals surface area contributed by atoms with Gasteiger partial charge in [-0.1, -0.05) is 0 Å². The van der Waals surface area contributed by atoms with E-state index in [1.807, 2.05) is 0 Å². The van der Waals surface area contributed by atoms with Gasteiger partial charge in [0, 0.05) is 18.8 Å². The largest absolute Gasteiger partial charge is 0.494 e. The first-order valence-electron chi connectivity index (χ1n) is 5.93. The average Bonchev–Trinajstić information content (AvgIpc) is 2.42. The lowest BCUT2D eigenvalue weighted by Crippen LogP contribution is -2.22. The van der Waals surface area contributed by atoms with Gasteiger partial charge in [-0.3, -0.25) is 0 Å². The minimum absolute atomic E-state index is 0.0137. The van der Waals surface area contributed by atoms with Crippen molar-refractivity contribution in [3.8, 4) is 5.75 Å². The third kappa shape index (κ3) is 2.47. The summed E-state index contributed by atoms with van der Waals surface area (Å²) in [5.74, 6) is -2.34. The maximum absolute atomic E-state index is 13.8. The van der Waals surface area contributed by atoms with Crippen molar-refractivity contribution < 1.29 is 23.4 Å². The summed E-state index contributed by atoms with van der Waals surface area (Å²) >= 11 is 0. The van der Waals surface area contributed by atoms with E-state index in [1.54, 1.807) is 0 Å². The van der Waals surface area contributed by atoms with Gasteiger partial charge in [-0.2, -0.15) is 4.39 Å². The van der Waals surface area contributed by atoms with Crippen LogP contribution in [0.25, 0.3) is 0 Å². The van der Waals surface area contributed by atoms with Crippen LogP contribution in [0, 0.1) is 17.6 Å². The molecule has 1 aromatic carbocycles. The van der Waals surface area contributed by atoms with Gasteiger partial charge < -0.3 is 14.6 Å². The monoisotopic (exact) mass is 258 g/mol. The average molecular weight is 258 g/mol. The smallest absolute Gasteiger partial charge is 0.200 e. The summed E-state index contributed by atoms with van der Waals surface area (Å²) in [4.78, 5) is 0. The second kappa shape index (κ2) is 5.63. The Morgan fingerprint density at radius 2 is 1.94 bits per heavy atom. The topological polar surface area (TPSA) is 38.7 Å². The Hall–Kier alpha value is -1.20. The predicted molar refractivity (Wildman–Crippen MR) is 61.4 cm³/mol. The van der Waals surface area contributed by atoms with E-state index < -0.39 is 17.7 Å². The van der Waals surface area contributed by atoms with Crippen molar-refractivity contribution in [3.63, 3.8) is 0 Å². The molecule has 1 heterocycles. The molecule has 0 bridgehead atoms. The number of rotatable bonds is 3. The quantitative estimate of drug-likeness (QED) is 0.905. The van der Waals surface area contributed by atoms with Crippen LogP contribution in [-0.2, 0) is 4.74 Å². The maximum Gasteiger partial charge on any atom is 0.200 e. The highest BCUT2D eigenvalue weighted by molar-refractivity contribution is 5.32. The summed E-state index contributed by atoms with van der Waals surface area (Å²) < 4.78 is 37.2. The van der Waals surface area contributed by atoms with E-state index in [4.69, 9.17) is 4.74 Å². The fraction of sp³-hybridized carbons (Fsp3) is 0.538. The van der Waals surface area contributed by atoms with E-state index in [1.165, 1.54) is 19.2 Å². The Balaban J connectivity index is 2.24. The number of benzene rings is 1. The number of hydrogen-bond donors (Lipinski definition) is 1. The number of aliphatic hydroxyl groups excluding tert-OH is 1. The summed E-state index contributed by atoms with van der Waals surface area (Å²) in [6, 6.07) is 2.70. The lowest BCUT2D eigenvalue weighted by molar-refractivity contribution is 0.00563. The molecular weight excluding hydrogens is 242 g/mol. The zero-order valence-corrected chi connectivity index (χ0v) is 10.2. The van der Waals surface area contributed by atoms with Crippen LogP contribution in [0.2, 0.25) is 0 Å². The van der Waals surface area contributed by atoms with Crippen LogP contribution >= 0.6 is 0 Å². The molecule has 1 N–H and O–H groups in total. The first-order chi connectivity index (χ1) is 8.65. The highest BCUT2D eigenvalue weighted by Crippen LogP contribution is 2.34. The summed E-state index contributed by atoms with van der Waals surface area (Å²) in [6.45, 7) is 1.09. The third-order valence-electron chi connectivity index (χ3n) is 3.33. The van der Waals surface area contributed by atoms with Gasteiger partial charge >= 0.3 is 0 Å². The molecular formula is C13H16F2O3. The van der Waals surface area contributed by atoms with Crippen molar-refractivity contribution in [1.82, 2.24) is 0 Å². The zero-order valence-electron chi connectivity index (χ0n) is 10.2. The molecule has 2 rings (SSSR count). The van der Waals surface area contributed by atoms with Gasteiger partial charge in [0.05, 0.1) is 13.2 Å². The van der Waals surface area contributed by atoms with E-state index in [0.717, 1.165) is 0 Å². The number of methoxy groups -OCH3 is 1. The number of ether oxygens (including phenoxy) is 2. The minimum atomic E-state index is -1.05. The van der Waals surface area contributed by atoms with Crippen LogP contribution in [0.1, 0.15) is 24.5 Å². The fourth-order valence-electron chi connectivity index (χ4n) is 2.22. The van der Waals surface area contributed by atoms with Gasteiger partial charge in [0.25, 0.3) is 0 Å². The molecule has 0 spiro atoms. The van der Waals surface area contributed by atoms with Crippen molar-refractivity contribution in [2.45, 2.75) is 18.9 Å². The molecule has 1 fully saturated rings. The van der Waals surface area contributed by atoms with Crippen LogP contribution < -0.4 is 4.74 Å². The molecule has 0 radical (unpaired) electrons. The number of hydrogen-bond acceptors (Lipinski definition) is 3. The molecule has 1 aromatic rings. The maximum atomic E-state index is 13.8. The fourth-order valence-corrected chi connectivity index (χ4v) is 2.22. The van der Waals surface area contributed by atoms with Gasteiger partial charge in [0.2, 0.25) is 5.82 Å². The van der Waals surface area contributed by atoms with Crippen molar-refractivity contribution in [3.05, 3.63) is 29.3 Å². The molecule has 1 aliphatic heterocycles. The second-order valence-corrected chi connectivity index (χ2v) is 4.38. The van der Waals surface area contributed by atoms with Crippen LogP contribution in [0.4, 0.5) is 8.78 Å². The van der Waals surface area contributed by atoms with Crippen LogP contribution in [0.15, 0.2) is 12.1 Å². The Bertz CT molecular complexity index is 417. The summed E-state index contributed by atoms with van der Waals surface area (Å²) in [5, 5.41) is 10.1. The molecule has 1 unspecified atom stereocenters. The molecule has 0 aromatic heterocycles. The van der Waals surface area contributed by atoms with E-state index in [0.29, 0.717) is 26.1 Å². The highest BCUT2D eigenvalue weighted by atomic mass is 19.2. The van der Waals surface area contributed by atoms with Crippen molar-refractivity contribution in [1.29, 1.82) is 0 Å². The zero-order chi connectivity index (χ0) is 13.1. The summed E-state index contributed by atoms with van der Waals surface area (Å²) in [5.41, 5.74) is -0.0137. The van der Waals surface area contributed by atoms with Crippen molar-refractivity contribution in [2.24, 2.45) is 5.92 Å². The van der Waals surface area contributed by atoms with Gasteiger partial charge in [-0.05, 0) is 30.9 Å². The number of aliphatic hydroxyl groups is 1. The Labute approximate surface area is 104 Å². The van der Waals surface area contributed by atoms with Gasteiger partial charge in [0.1, 0.15) is 0 Å². The van der Waals surface area contributed by atoms with Gasteiger partial charge in [-0.25, -0.2) is 4.39 Å². The third-order valence-corrected chi connectivity index (χ3v) is 3.33. The van der Waals surface area contributed by atoms with E-state index in [2.05, 4.69) is 4.74 Å². The SMILES string of the molecule is COc1ccc(C(O)C2CCOCC2)c(F)c1F. The Morgan fingerprint density at radius 3 is 2.56 bits per heavy atom. The molecule has 1 saturated heterocycles. The molecule has 0 saturated carbocycles. The second-order valence-electron chi connectivity index (χ2n) is 4.38. The number of halogens is 2. The molecule has 3 nitrogen and oxygen atoms in total. The molecule has 0 amide bonds. The highest BCUT2D eigenvalue weighted by Gasteiger charge is 2.27. The van der Waals surface area contributed by atoms with Gasteiger partial charge in [-0.15, -0.1) is 0 Å². The van der Waals surface area contributed by atoms with E-state index in [9.17, 15) is 13.9 Å². The normalized spacial score (nSPS) is 18.7. The van der Waals surface area contributed by atoms with E-state index >= 15 is 0 Å². The van der Waals surface area contributed by atoms with Gasteiger partial charge in [0.15, 0.2) is 11.6 Å². The molecule has 100 valence electrons. The molecule has 0 aliphatic carbocycles. The summed E-state index contributed by atoms with van der Waals surface area (Å²) in [6.07, 6.45) is 0.289. The molecule has 18 heavy (non-hydrogen) atoms. The van der Waals surface area contributed by atoms with Crippen molar-refractivity contribution >= 4 is 0 Å². The molecule has 1 aliphatic rings. The standard InChI is InChI=1S/C13H16F2O3/c1-17-10-3-2-9(11(14)12(10)15)13(16)8-4-6-18-7-5-8/h2-3,8,13,16H,4-7H2,1H3. The summed E-state index contributed by atoms with van der Waals surface area (Å²) in [7, 11) is 1.27. The predicted octanol–water partition coefficient (Wildman–Crippen LogP) is 2.43. The Morgan fingerprint density at radius 1 is 1.28 bits per heavy atom. The van der Waals surface area contributed by atoms with Crippen LogP contribution in [0.5, 0.6) is 5.75 Å². The van der Waals surface area contributed by atoms with Crippen LogP contribution in [-0.4, -0.2) is 25.4 Å². The Kier molecular flexibility index (Phi) is 4.14. The minimum Gasteiger partial charge on any atom is -0.494 e. The lowest BCUT2D eigenvalue weighted by Gasteiger charge is -2.27. The lowest BCUT2D eigenvalue weighted by atomic mass is 9.89.